The highest BCUT2D eigenvalue weighted by molar-refractivity contribution is 7.09. The summed E-state index contributed by atoms with van der Waals surface area (Å²) in [5.41, 5.74) is 8.50. The second-order valence-corrected chi connectivity index (χ2v) is 5.32. The lowest BCUT2D eigenvalue weighted by molar-refractivity contribution is 0.422. The molecule has 0 amide bonds. The van der Waals surface area contributed by atoms with Gasteiger partial charge in [-0.2, -0.15) is 0 Å². The molecule has 90 valence electrons. The topological polar surface area (TPSA) is 38.9 Å². The SMILES string of the molecule is CCC(N)(Cc1ccccc1)c1nc(C)cs1. The molecule has 0 bridgehead atoms. The van der Waals surface area contributed by atoms with Crippen molar-refractivity contribution >= 4 is 11.3 Å². The standard InChI is InChI=1S/C14H18N2S/c1-3-14(15,13-16-11(2)10-17-13)9-12-7-5-4-6-8-12/h4-8,10H,3,9,15H2,1-2H3. The van der Waals surface area contributed by atoms with Gasteiger partial charge < -0.3 is 5.73 Å². The van der Waals surface area contributed by atoms with Crippen LogP contribution >= 0.6 is 11.3 Å². The summed E-state index contributed by atoms with van der Waals surface area (Å²) in [6.45, 7) is 4.14. The monoisotopic (exact) mass is 246 g/mol. The molecular weight excluding hydrogens is 228 g/mol. The van der Waals surface area contributed by atoms with Gasteiger partial charge in [-0.3, -0.25) is 0 Å². The lowest BCUT2D eigenvalue weighted by Crippen LogP contribution is -2.38. The molecule has 0 aliphatic heterocycles. The number of aromatic nitrogens is 1. The Morgan fingerprint density at radius 3 is 2.53 bits per heavy atom. The Balaban J connectivity index is 2.26. The van der Waals surface area contributed by atoms with Crippen molar-refractivity contribution in [1.29, 1.82) is 0 Å². The summed E-state index contributed by atoms with van der Waals surface area (Å²) in [4.78, 5) is 4.54. The van der Waals surface area contributed by atoms with E-state index in [2.05, 4.69) is 41.6 Å². The van der Waals surface area contributed by atoms with Gasteiger partial charge in [-0.1, -0.05) is 37.3 Å². The van der Waals surface area contributed by atoms with Crippen molar-refractivity contribution in [2.45, 2.75) is 32.2 Å². The van der Waals surface area contributed by atoms with Crippen LogP contribution in [-0.4, -0.2) is 4.98 Å². The number of hydrogen-bond acceptors (Lipinski definition) is 3. The molecule has 1 atom stereocenters. The normalized spacial score (nSPS) is 14.5. The quantitative estimate of drug-likeness (QED) is 0.899. The second-order valence-electron chi connectivity index (χ2n) is 4.47. The van der Waals surface area contributed by atoms with Gasteiger partial charge >= 0.3 is 0 Å². The Labute approximate surface area is 107 Å². The van der Waals surface area contributed by atoms with E-state index in [-0.39, 0.29) is 5.54 Å². The highest BCUT2D eigenvalue weighted by Gasteiger charge is 2.28. The van der Waals surface area contributed by atoms with E-state index < -0.39 is 0 Å². The second kappa shape index (κ2) is 4.98. The molecule has 0 saturated heterocycles. The lowest BCUT2D eigenvalue weighted by atomic mass is 9.90. The van der Waals surface area contributed by atoms with Gasteiger partial charge in [-0.15, -0.1) is 11.3 Å². The van der Waals surface area contributed by atoms with E-state index in [1.807, 2.05) is 13.0 Å². The van der Waals surface area contributed by atoms with E-state index in [9.17, 15) is 0 Å². The van der Waals surface area contributed by atoms with Crippen molar-refractivity contribution in [2.75, 3.05) is 0 Å². The molecule has 0 aliphatic rings. The molecule has 2 N–H and O–H groups in total. The molecular formula is C14H18N2S. The number of rotatable bonds is 4. The first-order chi connectivity index (χ1) is 8.14. The predicted octanol–water partition coefficient (Wildman–Crippen LogP) is 3.26. The molecule has 17 heavy (non-hydrogen) atoms. The van der Waals surface area contributed by atoms with Crippen LogP contribution in [0.15, 0.2) is 35.7 Å². The maximum absolute atomic E-state index is 6.51. The van der Waals surface area contributed by atoms with Crippen LogP contribution < -0.4 is 5.73 Å². The molecule has 2 nitrogen and oxygen atoms in total. The summed E-state index contributed by atoms with van der Waals surface area (Å²) < 4.78 is 0. The van der Waals surface area contributed by atoms with E-state index in [0.717, 1.165) is 23.5 Å². The number of aryl methyl sites for hydroxylation is 1. The maximum atomic E-state index is 6.51. The van der Waals surface area contributed by atoms with Crippen molar-refractivity contribution in [3.8, 4) is 0 Å². The predicted molar refractivity (Wildman–Crippen MR) is 73.2 cm³/mol. The Kier molecular flexibility index (Phi) is 3.60. The molecule has 0 saturated carbocycles. The highest BCUT2D eigenvalue weighted by Crippen LogP contribution is 2.29. The molecule has 1 aromatic heterocycles. The van der Waals surface area contributed by atoms with Crippen LogP contribution in [0.4, 0.5) is 0 Å². The molecule has 1 unspecified atom stereocenters. The smallest absolute Gasteiger partial charge is 0.113 e. The molecule has 2 rings (SSSR count). The minimum atomic E-state index is -0.333. The average molecular weight is 246 g/mol. The van der Waals surface area contributed by atoms with Crippen molar-refractivity contribution < 1.29 is 0 Å². The fourth-order valence-electron chi connectivity index (χ4n) is 1.89. The lowest BCUT2D eigenvalue weighted by Gasteiger charge is -2.25. The number of hydrogen-bond donors (Lipinski definition) is 1. The first-order valence-electron chi connectivity index (χ1n) is 5.89. The molecule has 3 heteroatoms. The Morgan fingerprint density at radius 1 is 1.29 bits per heavy atom. The fourth-order valence-corrected chi connectivity index (χ4v) is 2.88. The van der Waals surface area contributed by atoms with Gasteiger partial charge in [0.25, 0.3) is 0 Å². The van der Waals surface area contributed by atoms with E-state index in [0.29, 0.717) is 0 Å². The van der Waals surface area contributed by atoms with Crippen LogP contribution in [0, 0.1) is 6.92 Å². The van der Waals surface area contributed by atoms with Crippen molar-refractivity contribution in [1.82, 2.24) is 4.98 Å². The molecule has 0 fully saturated rings. The number of nitrogens with two attached hydrogens (primary N) is 1. The summed E-state index contributed by atoms with van der Waals surface area (Å²) in [6.07, 6.45) is 1.74. The molecule has 0 radical (unpaired) electrons. The maximum Gasteiger partial charge on any atom is 0.113 e. The van der Waals surface area contributed by atoms with E-state index in [4.69, 9.17) is 5.73 Å². The number of thiazole rings is 1. The highest BCUT2D eigenvalue weighted by atomic mass is 32.1. The van der Waals surface area contributed by atoms with E-state index >= 15 is 0 Å². The fraction of sp³-hybridized carbons (Fsp3) is 0.357. The van der Waals surface area contributed by atoms with Gasteiger partial charge in [0.05, 0.1) is 5.54 Å². The van der Waals surface area contributed by atoms with Crippen LogP contribution in [0.5, 0.6) is 0 Å². The number of nitrogens with zero attached hydrogens (tertiary/aromatic N) is 1. The minimum absolute atomic E-state index is 0.333. The third-order valence-electron chi connectivity index (χ3n) is 3.04. The van der Waals surface area contributed by atoms with Crippen LogP contribution in [0.2, 0.25) is 0 Å². The van der Waals surface area contributed by atoms with Crippen LogP contribution in [0.3, 0.4) is 0 Å². The Bertz CT molecular complexity index is 478. The third-order valence-corrected chi connectivity index (χ3v) is 4.22. The average Bonchev–Trinajstić information content (AvgIpc) is 2.78. The molecule has 2 aromatic rings. The van der Waals surface area contributed by atoms with Gasteiger partial charge in [0.1, 0.15) is 5.01 Å². The molecule has 1 heterocycles. The van der Waals surface area contributed by atoms with E-state index in [1.165, 1.54) is 5.56 Å². The van der Waals surface area contributed by atoms with Crippen molar-refractivity contribution in [3.05, 3.63) is 52.0 Å². The Morgan fingerprint density at radius 2 is 2.00 bits per heavy atom. The van der Waals surface area contributed by atoms with Crippen LogP contribution in [0.25, 0.3) is 0 Å². The number of benzene rings is 1. The van der Waals surface area contributed by atoms with Gasteiger partial charge in [-0.25, -0.2) is 4.98 Å². The first kappa shape index (κ1) is 12.3. The van der Waals surface area contributed by atoms with Crippen molar-refractivity contribution in [3.63, 3.8) is 0 Å². The van der Waals surface area contributed by atoms with Crippen molar-refractivity contribution in [2.24, 2.45) is 5.73 Å². The van der Waals surface area contributed by atoms with Gasteiger partial charge in [-0.05, 0) is 25.3 Å². The summed E-state index contributed by atoms with van der Waals surface area (Å²) in [5.74, 6) is 0. The van der Waals surface area contributed by atoms with E-state index in [1.54, 1.807) is 11.3 Å². The molecule has 1 aromatic carbocycles. The zero-order chi connectivity index (χ0) is 12.3. The largest absolute Gasteiger partial charge is 0.319 e. The summed E-state index contributed by atoms with van der Waals surface area (Å²) in [6, 6.07) is 10.4. The zero-order valence-corrected chi connectivity index (χ0v) is 11.1. The minimum Gasteiger partial charge on any atom is -0.319 e. The van der Waals surface area contributed by atoms with Crippen LogP contribution in [0.1, 0.15) is 29.6 Å². The van der Waals surface area contributed by atoms with Gasteiger partial charge in [0, 0.05) is 11.1 Å². The van der Waals surface area contributed by atoms with Gasteiger partial charge in [0.15, 0.2) is 0 Å². The molecule has 0 aliphatic carbocycles. The third kappa shape index (κ3) is 2.73. The summed E-state index contributed by atoms with van der Waals surface area (Å²) in [5, 5.41) is 3.11. The van der Waals surface area contributed by atoms with Crippen LogP contribution in [-0.2, 0) is 12.0 Å². The zero-order valence-electron chi connectivity index (χ0n) is 10.3. The Hall–Kier alpha value is -1.19. The molecule has 0 spiro atoms. The first-order valence-corrected chi connectivity index (χ1v) is 6.77. The summed E-state index contributed by atoms with van der Waals surface area (Å²) in [7, 11) is 0. The summed E-state index contributed by atoms with van der Waals surface area (Å²) >= 11 is 1.66. The van der Waals surface area contributed by atoms with Gasteiger partial charge in [0.2, 0.25) is 0 Å².